The highest BCUT2D eigenvalue weighted by Gasteiger charge is 2.12. The molecule has 4 heteroatoms. The zero-order valence-electron chi connectivity index (χ0n) is 11.4. The van der Waals surface area contributed by atoms with Crippen molar-refractivity contribution in [2.75, 3.05) is 14.2 Å². The van der Waals surface area contributed by atoms with E-state index in [1.54, 1.807) is 26.4 Å². The molecule has 0 spiro atoms. The van der Waals surface area contributed by atoms with E-state index in [2.05, 4.69) is 15.9 Å². The van der Waals surface area contributed by atoms with Crippen LogP contribution in [0.1, 0.15) is 16.0 Å². The van der Waals surface area contributed by atoms with Crippen LogP contribution in [0.4, 0.5) is 4.39 Å². The predicted molar refractivity (Wildman–Crippen MR) is 81.3 cm³/mol. The molecule has 0 aliphatic carbocycles. The third-order valence-electron chi connectivity index (χ3n) is 3.07. The van der Waals surface area contributed by atoms with Crippen molar-refractivity contribution in [1.82, 2.24) is 0 Å². The van der Waals surface area contributed by atoms with Crippen LogP contribution in [-0.2, 0) is 6.42 Å². The van der Waals surface area contributed by atoms with Gasteiger partial charge in [0.1, 0.15) is 5.82 Å². The molecule has 2 aromatic rings. The van der Waals surface area contributed by atoms with E-state index >= 15 is 0 Å². The minimum atomic E-state index is -0.213. The molecule has 2 aromatic carbocycles. The lowest BCUT2D eigenvalue weighted by molar-refractivity contribution is 0.354. The number of halogens is 2. The Hall–Kier alpha value is -1.55. The fourth-order valence-electron chi connectivity index (χ4n) is 2.04. The van der Waals surface area contributed by atoms with Crippen molar-refractivity contribution in [1.29, 1.82) is 0 Å². The van der Waals surface area contributed by atoms with E-state index in [0.717, 1.165) is 11.1 Å². The number of rotatable bonds is 5. The van der Waals surface area contributed by atoms with Gasteiger partial charge in [-0.3, -0.25) is 0 Å². The highest BCUT2D eigenvalue weighted by molar-refractivity contribution is 9.09. The molecule has 2 nitrogen and oxygen atoms in total. The Balaban J connectivity index is 2.18. The second-order valence-corrected chi connectivity index (χ2v) is 5.52. The number of hydrogen-bond acceptors (Lipinski definition) is 2. The highest BCUT2D eigenvalue weighted by atomic mass is 79.9. The lowest BCUT2D eigenvalue weighted by Crippen LogP contribution is -1.98. The first-order valence-corrected chi connectivity index (χ1v) is 7.16. The molecule has 0 amide bonds. The fraction of sp³-hybridized carbons (Fsp3) is 0.250. The van der Waals surface area contributed by atoms with Gasteiger partial charge >= 0.3 is 0 Å². The summed E-state index contributed by atoms with van der Waals surface area (Å²) < 4.78 is 23.7. The van der Waals surface area contributed by atoms with E-state index in [1.165, 1.54) is 6.07 Å². The van der Waals surface area contributed by atoms with E-state index in [-0.39, 0.29) is 10.6 Å². The molecule has 1 atom stereocenters. The lowest BCUT2D eigenvalue weighted by atomic mass is 10.0. The van der Waals surface area contributed by atoms with Gasteiger partial charge in [0.25, 0.3) is 0 Å². The third kappa shape index (κ3) is 3.51. The number of alkyl halides is 1. The first-order chi connectivity index (χ1) is 9.63. The second kappa shape index (κ2) is 6.75. The Morgan fingerprint density at radius 1 is 1.05 bits per heavy atom. The minimum absolute atomic E-state index is 0.0871. The van der Waals surface area contributed by atoms with Crippen LogP contribution in [0.2, 0.25) is 0 Å². The molecule has 2 rings (SSSR count). The van der Waals surface area contributed by atoms with Crippen LogP contribution in [0.15, 0.2) is 42.5 Å². The van der Waals surface area contributed by atoms with Crippen LogP contribution >= 0.6 is 15.9 Å². The van der Waals surface area contributed by atoms with Gasteiger partial charge in [0, 0.05) is 4.83 Å². The molecule has 1 unspecified atom stereocenters. The Morgan fingerprint density at radius 2 is 1.80 bits per heavy atom. The zero-order valence-corrected chi connectivity index (χ0v) is 13.0. The zero-order chi connectivity index (χ0) is 14.5. The summed E-state index contributed by atoms with van der Waals surface area (Å²) in [7, 11) is 3.22. The summed E-state index contributed by atoms with van der Waals surface area (Å²) >= 11 is 3.64. The van der Waals surface area contributed by atoms with Crippen molar-refractivity contribution >= 4 is 15.9 Å². The van der Waals surface area contributed by atoms with Gasteiger partial charge < -0.3 is 9.47 Å². The smallest absolute Gasteiger partial charge is 0.161 e. The Bertz CT molecular complexity index is 586. The molecule has 0 fully saturated rings. The number of methoxy groups -OCH3 is 2. The monoisotopic (exact) mass is 338 g/mol. The number of benzene rings is 2. The predicted octanol–water partition coefficient (Wildman–Crippen LogP) is 4.52. The topological polar surface area (TPSA) is 18.5 Å². The second-order valence-electron chi connectivity index (χ2n) is 4.42. The van der Waals surface area contributed by atoms with E-state index in [9.17, 15) is 4.39 Å². The van der Waals surface area contributed by atoms with Crippen LogP contribution in [0.3, 0.4) is 0 Å². The Morgan fingerprint density at radius 3 is 2.45 bits per heavy atom. The fourth-order valence-corrected chi connectivity index (χ4v) is 2.69. The third-order valence-corrected chi connectivity index (χ3v) is 3.93. The van der Waals surface area contributed by atoms with Crippen LogP contribution in [0.25, 0.3) is 0 Å². The summed E-state index contributed by atoms with van der Waals surface area (Å²) in [4.78, 5) is 0.0871. The average molecular weight is 339 g/mol. The summed E-state index contributed by atoms with van der Waals surface area (Å²) in [5, 5.41) is 0. The SMILES string of the molecule is COc1ccc(C(Br)Cc2cccc(F)c2)cc1OC. The lowest BCUT2D eigenvalue weighted by Gasteiger charge is -2.14. The largest absolute Gasteiger partial charge is 0.493 e. The first-order valence-electron chi connectivity index (χ1n) is 6.24. The van der Waals surface area contributed by atoms with Gasteiger partial charge in [0.2, 0.25) is 0 Å². The molecular formula is C16H16BrFO2. The minimum Gasteiger partial charge on any atom is -0.493 e. The molecule has 0 aliphatic heterocycles. The number of hydrogen-bond donors (Lipinski definition) is 0. The van der Waals surface area contributed by atoms with Crippen molar-refractivity contribution in [2.24, 2.45) is 0 Å². The molecule has 106 valence electrons. The van der Waals surface area contributed by atoms with Crippen molar-refractivity contribution in [3.8, 4) is 11.5 Å². The van der Waals surface area contributed by atoms with Crippen molar-refractivity contribution in [3.05, 3.63) is 59.4 Å². The molecule has 0 radical (unpaired) electrons. The molecule has 0 N–H and O–H groups in total. The van der Waals surface area contributed by atoms with Gasteiger partial charge in [-0.05, 0) is 41.8 Å². The van der Waals surface area contributed by atoms with E-state index in [1.807, 2.05) is 24.3 Å². The average Bonchev–Trinajstić information content (AvgIpc) is 2.46. The molecule has 0 saturated carbocycles. The Labute approximate surface area is 126 Å². The highest BCUT2D eigenvalue weighted by Crippen LogP contribution is 2.34. The quantitative estimate of drug-likeness (QED) is 0.746. The molecule has 0 heterocycles. The summed E-state index contributed by atoms with van der Waals surface area (Å²) in [6, 6.07) is 12.4. The van der Waals surface area contributed by atoms with Gasteiger partial charge in [-0.25, -0.2) is 4.39 Å². The van der Waals surface area contributed by atoms with Gasteiger partial charge in [-0.15, -0.1) is 0 Å². The first kappa shape index (κ1) is 14.9. The maximum Gasteiger partial charge on any atom is 0.161 e. The normalized spacial score (nSPS) is 12.0. The standard InChI is InChI=1S/C16H16BrFO2/c1-19-15-7-6-12(10-16(15)20-2)14(17)9-11-4-3-5-13(18)8-11/h3-8,10,14H,9H2,1-2H3. The Kier molecular flexibility index (Phi) is 5.01. The molecule has 0 aliphatic rings. The summed E-state index contributed by atoms with van der Waals surface area (Å²) in [6.07, 6.45) is 0.702. The van der Waals surface area contributed by atoms with Gasteiger partial charge in [-0.1, -0.05) is 34.1 Å². The maximum absolute atomic E-state index is 13.2. The van der Waals surface area contributed by atoms with E-state index in [0.29, 0.717) is 17.9 Å². The van der Waals surface area contributed by atoms with Crippen LogP contribution in [0.5, 0.6) is 11.5 Å². The van der Waals surface area contributed by atoms with E-state index < -0.39 is 0 Å². The van der Waals surface area contributed by atoms with Crippen molar-refractivity contribution in [3.63, 3.8) is 0 Å². The van der Waals surface area contributed by atoms with Crippen molar-refractivity contribution < 1.29 is 13.9 Å². The van der Waals surface area contributed by atoms with Crippen LogP contribution in [-0.4, -0.2) is 14.2 Å². The van der Waals surface area contributed by atoms with Gasteiger partial charge in [0.05, 0.1) is 14.2 Å². The summed E-state index contributed by atoms with van der Waals surface area (Å²) in [5.41, 5.74) is 2.01. The van der Waals surface area contributed by atoms with Crippen molar-refractivity contribution in [2.45, 2.75) is 11.2 Å². The molecular weight excluding hydrogens is 323 g/mol. The number of ether oxygens (including phenoxy) is 2. The molecule has 0 aromatic heterocycles. The molecule has 0 saturated heterocycles. The van der Waals surface area contributed by atoms with Gasteiger partial charge in [0.15, 0.2) is 11.5 Å². The summed E-state index contributed by atoms with van der Waals surface area (Å²) in [6.45, 7) is 0. The van der Waals surface area contributed by atoms with E-state index in [4.69, 9.17) is 9.47 Å². The van der Waals surface area contributed by atoms with Gasteiger partial charge in [-0.2, -0.15) is 0 Å². The molecule has 0 bridgehead atoms. The molecule has 20 heavy (non-hydrogen) atoms. The summed E-state index contributed by atoms with van der Waals surface area (Å²) in [5.74, 6) is 1.17. The maximum atomic E-state index is 13.2. The van der Waals surface area contributed by atoms with Crippen LogP contribution < -0.4 is 9.47 Å². The van der Waals surface area contributed by atoms with Crippen LogP contribution in [0, 0.1) is 5.82 Å².